The third kappa shape index (κ3) is 2.09. The van der Waals surface area contributed by atoms with Crippen LogP contribution in [0.1, 0.15) is 32.6 Å². The van der Waals surface area contributed by atoms with Gasteiger partial charge >= 0.3 is 0 Å². The molecular weight excluding hydrogens is 247 g/mol. The van der Waals surface area contributed by atoms with Crippen molar-refractivity contribution in [3.05, 3.63) is 24.0 Å². The Morgan fingerprint density at radius 1 is 1.44 bits per heavy atom. The molecule has 1 fully saturated rings. The lowest BCUT2D eigenvalue weighted by molar-refractivity contribution is 0.145. The SMILES string of the molecule is CCC1(CNc2nc3cc(F)ccc3s2)CCC1. The summed E-state index contributed by atoms with van der Waals surface area (Å²) in [7, 11) is 0. The van der Waals surface area contributed by atoms with E-state index in [1.165, 1.54) is 37.8 Å². The van der Waals surface area contributed by atoms with E-state index in [1.807, 2.05) is 0 Å². The van der Waals surface area contributed by atoms with E-state index in [0.29, 0.717) is 5.41 Å². The fourth-order valence-electron chi connectivity index (χ4n) is 2.57. The van der Waals surface area contributed by atoms with Crippen molar-refractivity contribution in [1.29, 1.82) is 0 Å². The van der Waals surface area contributed by atoms with Gasteiger partial charge in [-0.2, -0.15) is 0 Å². The number of hydrogen-bond acceptors (Lipinski definition) is 3. The van der Waals surface area contributed by atoms with Crippen LogP contribution in [0.2, 0.25) is 0 Å². The Kier molecular flexibility index (Phi) is 2.98. The first-order valence-electron chi connectivity index (χ1n) is 6.51. The average molecular weight is 264 g/mol. The molecular formula is C14H17FN2S. The predicted molar refractivity (Wildman–Crippen MR) is 74.6 cm³/mol. The largest absolute Gasteiger partial charge is 0.361 e. The highest BCUT2D eigenvalue weighted by atomic mass is 32.1. The molecule has 2 nitrogen and oxygen atoms in total. The third-order valence-corrected chi connectivity index (χ3v) is 5.12. The molecule has 1 aromatic heterocycles. The molecule has 3 rings (SSSR count). The predicted octanol–water partition coefficient (Wildman–Crippen LogP) is 4.43. The quantitative estimate of drug-likeness (QED) is 0.883. The van der Waals surface area contributed by atoms with Crippen LogP contribution in [0.25, 0.3) is 10.2 Å². The fourth-order valence-corrected chi connectivity index (χ4v) is 3.41. The van der Waals surface area contributed by atoms with Gasteiger partial charge in [-0.1, -0.05) is 24.7 Å². The van der Waals surface area contributed by atoms with E-state index in [-0.39, 0.29) is 5.82 Å². The summed E-state index contributed by atoms with van der Waals surface area (Å²) in [4.78, 5) is 4.44. The summed E-state index contributed by atoms with van der Waals surface area (Å²) in [5.41, 5.74) is 1.23. The minimum atomic E-state index is -0.219. The van der Waals surface area contributed by atoms with Gasteiger partial charge in [0.2, 0.25) is 0 Å². The Labute approximate surface area is 110 Å². The number of fused-ring (bicyclic) bond motifs is 1. The van der Waals surface area contributed by atoms with E-state index in [9.17, 15) is 4.39 Å². The zero-order chi connectivity index (χ0) is 12.6. The lowest BCUT2D eigenvalue weighted by Gasteiger charge is -2.41. The molecule has 4 heteroatoms. The van der Waals surface area contributed by atoms with Gasteiger partial charge in [-0.05, 0) is 36.8 Å². The third-order valence-electron chi connectivity index (χ3n) is 4.13. The number of halogens is 1. The van der Waals surface area contributed by atoms with Gasteiger partial charge in [0.15, 0.2) is 5.13 Å². The van der Waals surface area contributed by atoms with Gasteiger partial charge in [-0.3, -0.25) is 0 Å². The van der Waals surface area contributed by atoms with Gasteiger partial charge in [-0.25, -0.2) is 9.37 Å². The molecule has 1 aliphatic carbocycles. The van der Waals surface area contributed by atoms with Gasteiger partial charge in [0.05, 0.1) is 10.2 Å². The van der Waals surface area contributed by atoms with Crippen LogP contribution in [0.15, 0.2) is 18.2 Å². The van der Waals surface area contributed by atoms with Crippen LogP contribution in [0, 0.1) is 11.2 Å². The lowest BCUT2D eigenvalue weighted by Crippen LogP contribution is -2.35. The Balaban J connectivity index is 1.74. The normalized spacial score (nSPS) is 17.7. The number of benzene rings is 1. The van der Waals surface area contributed by atoms with Gasteiger partial charge in [-0.15, -0.1) is 0 Å². The lowest BCUT2D eigenvalue weighted by atomic mass is 9.67. The first-order chi connectivity index (χ1) is 8.71. The minimum absolute atomic E-state index is 0.219. The molecule has 0 spiro atoms. The van der Waals surface area contributed by atoms with Gasteiger partial charge < -0.3 is 5.32 Å². The van der Waals surface area contributed by atoms with Crippen molar-refractivity contribution in [2.45, 2.75) is 32.6 Å². The number of thiazole rings is 1. The molecule has 18 heavy (non-hydrogen) atoms. The summed E-state index contributed by atoms with van der Waals surface area (Å²) < 4.78 is 14.1. The molecule has 0 radical (unpaired) electrons. The first-order valence-corrected chi connectivity index (χ1v) is 7.32. The van der Waals surface area contributed by atoms with E-state index < -0.39 is 0 Å². The molecule has 0 aliphatic heterocycles. The van der Waals surface area contributed by atoms with Crippen LogP contribution < -0.4 is 5.32 Å². The summed E-state index contributed by atoms with van der Waals surface area (Å²) in [6, 6.07) is 4.78. The van der Waals surface area contributed by atoms with Crippen LogP contribution in [0.5, 0.6) is 0 Å². The molecule has 0 unspecified atom stereocenters. The van der Waals surface area contributed by atoms with Crippen molar-refractivity contribution in [2.75, 3.05) is 11.9 Å². The highest BCUT2D eigenvalue weighted by Gasteiger charge is 2.34. The second-order valence-corrected chi connectivity index (χ2v) is 6.22. The summed E-state index contributed by atoms with van der Waals surface area (Å²) in [5, 5.41) is 4.34. The molecule has 1 saturated carbocycles. The van der Waals surface area contributed by atoms with Gasteiger partial charge in [0.25, 0.3) is 0 Å². The summed E-state index contributed by atoms with van der Waals surface area (Å²) in [6.45, 7) is 3.25. The van der Waals surface area contributed by atoms with Crippen molar-refractivity contribution in [3.8, 4) is 0 Å². The van der Waals surface area contributed by atoms with Crippen molar-refractivity contribution in [1.82, 2.24) is 4.98 Å². The second-order valence-electron chi connectivity index (χ2n) is 5.19. The summed E-state index contributed by atoms with van der Waals surface area (Å²) in [5.74, 6) is -0.219. The molecule has 0 amide bonds. The summed E-state index contributed by atoms with van der Waals surface area (Å²) >= 11 is 1.60. The van der Waals surface area contributed by atoms with Gasteiger partial charge in [0.1, 0.15) is 5.82 Å². The molecule has 96 valence electrons. The maximum Gasteiger partial charge on any atom is 0.183 e. The molecule has 2 aromatic rings. The minimum Gasteiger partial charge on any atom is -0.361 e. The topological polar surface area (TPSA) is 24.9 Å². The van der Waals surface area contributed by atoms with E-state index >= 15 is 0 Å². The van der Waals surface area contributed by atoms with Crippen molar-refractivity contribution < 1.29 is 4.39 Å². The zero-order valence-corrected chi connectivity index (χ0v) is 11.3. The van der Waals surface area contributed by atoms with Gasteiger partial charge in [0, 0.05) is 12.6 Å². The smallest absolute Gasteiger partial charge is 0.183 e. The van der Waals surface area contributed by atoms with E-state index in [1.54, 1.807) is 17.4 Å². The molecule has 0 saturated heterocycles. The molecule has 1 N–H and O–H groups in total. The number of rotatable bonds is 4. The van der Waals surface area contributed by atoms with Crippen LogP contribution >= 0.6 is 11.3 Å². The van der Waals surface area contributed by atoms with Crippen LogP contribution in [0.4, 0.5) is 9.52 Å². The number of anilines is 1. The van der Waals surface area contributed by atoms with Crippen LogP contribution in [-0.4, -0.2) is 11.5 Å². The van der Waals surface area contributed by atoms with E-state index in [4.69, 9.17) is 0 Å². The molecule has 1 aliphatic rings. The van der Waals surface area contributed by atoms with Crippen LogP contribution in [0.3, 0.4) is 0 Å². The Hall–Kier alpha value is -1.16. The number of nitrogens with zero attached hydrogens (tertiary/aromatic N) is 1. The maximum atomic E-state index is 13.1. The summed E-state index contributed by atoms with van der Waals surface area (Å²) in [6.07, 6.45) is 5.20. The number of nitrogens with one attached hydrogen (secondary N) is 1. The monoisotopic (exact) mass is 264 g/mol. The fraction of sp³-hybridized carbons (Fsp3) is 0.500. The average Bonchev–Trinajstić information content (AvgIpc) is 2.70. The first kappa shape index (κ1) is 11.9. The van der Waals surface area contributed by atoms with Crippen molar-refractivity contribution >= 4 is 26.7 Å². The molecule has 0 bridgehead atoms. The van der Waals surface area contributed by atoms with Crippen molar-refractivity contribution in [3.63, 3.8) is 0 Å². The number of hydrogen-bond donors (Lipinski definition) is 1. The van der Waals surface area contributed by atoms with Crippen LogP contribution in [-0.2, 0) is 0 Å². The molecule has 0 atom stereocenters. The Bertz CT molecular complexity index is 554. The Morgan fingerprint density at radius 3 is 2.94 bits per heavy atom. The maximum absolute atomic E-state index is 13.1. The standard InChI is InChI=1S/C14H17FN2S/c1-2-14(6-3-7-14)9-16-13-17-11-8-10(15)4-5-12(11)18-13/h4-5,8H,2-3,6-7,9H2,1H3,(H,16,17). The molecule has 1 heterocycles. The van der Waals surface area contributed by atoms with E-state index in [0.717, 1.165) is 21.9 Å². The van der Waals surface area contributed by atoms with Crippen molar-refractivity contribution in [2.24, 2.45) is 5.41 Å². The highest BCUT2D eigenvalue weighted by molar-refractivity contribution is 7.22. The number of aromatic nitrogens is 1. The zero-order valence-electron chi connectivity index (χ0n) is 10.5. The molecule has 1 aromatic carbocycles. The Morgan fingerprint density at radius 2 is 2.28 bits per heavy atom. The highest BCUT2D eigenvalue weighted by Crippen LogP contribution is 2.44. The van der Waals surface area contributed by atoms with E-state index in [2.05, 4.69) is 17.2 Å². The second kappa shape index (κ2) is 4.50.